The minimum Gasteiger partial charge on any atom is -0.382 e. The van der Waals surface area contributed by atoms with Crippen LogP contribution >= 0.6 is 0 Å². The van der Waals surface area contributed by atoms with Gasteiger partial charge in [0.15, 0.2) is 5.82 Å². The van der Waals surface area contributed by atoms with E-state index >= 15 is 0 Å². The Morgan fingerprint density at radius 2 is 1.85 bits per heavy atom. The molecular formula is C15H15N5. The predicted octanol–water partition coefficient (Wildman–Crippen LogP) is 2.78. The molecule has 0 radical (unpaired) electrons. The van der Waals surface area contributed by atoms with Crippen molar-refractivity contribution in [2.24, 2.45) is 0 Å². The van der Waals surface area contributed by atoms with E-state index in [0.717, 1.165) is 11.3 Å². The maximum Gasteiger partial charge on any atom is 0.153 e. The lowest BCUT2D eigenvalue weighted by molar-refractivity contribution is 0.876. The first-order chi connectivity index (χ1) is 9.74. The smallest absolute Gasteiger partial charge is 0.153 e. The Labute approximate surface area is 116 Å². The summed E-state index contributed by atoms with van der Waals surface area (Å²) in [7, 11) is 0. The van der Waals surface area contributed by atoms with Crippen molar-refractivity contribution in [2.75, 3.05) is 11.1 Å². The van der Waals surface area contributed by atoms with Crippen LogP contribution in [-0.2, 0) is 0 Å². The van der Waals surface area contributed by atoms with Crippen molar-refractivity contribution in [3.63, 3.8) is 0 Å². The highest BCUT2D eigenvalue weighted by molar-refractivity contribution is 5.84. The Hall–Kier alpha value is -2.69. The average molecular weight is 265 g/mol. The molecule has 0 bridgehead atoms. The summed E-state index contributed by atoms with van der Waals surface area (Å²) in [5.41, 5.74) is 8.39. The molecule has 5 nitrogen and oxygen atoms in total. The summed E-state index contributed by atoms with van der Waals surface area (Å²) < 4.78 is 0. The molecule has 0 aliphatic rings. The Balaban J connectivity index is 1.90. The standard InChI is InChI=1S/C15H15N5/c1-10(11-5-3-2-4-6-11)19-13-8-7-12-14(20-13)15(16)18-9-17-12/h2-10H,1H3,(H,19,20)(H2,16,17,18). The Kier molecular flexibility index (Phi) is 3.16. The number of hydrogen-bond acceptors (Lipinski definition) is 5. The van der Waals surface area contributed by atoms with E-state index in [0.29, 0.717) is 11.3 Å². The number of nitrogens with zero attached hydrogens (tertiary/aromatic N) is 3. The van der Waals surface area contributed by atoms with Crippen LogP contribution in [0.25, 0.3) is 11.0 Å². The van der Waals surface area contributed by atoms with Crippen LogP contribution in [0.4, 0.5) is 11.6 Å². The minimum absolute atomic E-state index is 0.159. The van der Waals surface area contributed by atoms with Gasteiger partial charge in [-0.1, -0.05) is 30.3 Å². The summed E-state index contributed by atoms with van der Waals surface area (Å²) >= 11 is 0. The van der Waals surface area contributed by atoms with Crippen molar-refractivity contribution in [1.82, 2.24) is 15.0 Å². The maximum atomic E-state index is 5.83. The van der Waals surface area contributed by atoms with Crippen molar-refractivity contribution in [3.05, 3.63) is 54.4 Å². The van der Waals surface area contributed by atoms with Crippen molar-refractivity contribution < 1.29 is 0 Å². The lowest BCUT2D eigenvalue weighted by Gasteiger charge is -2.15. The summed E-state index contributed by atoms with van der Waals surface area (Å²) in [4.78, 5) is 12.6. The number of pyridine rings is 1. The van der Waals surface area contributed by atoms with Crippen LogP contribution in [0.1, 0.15) is 18.5 Å². The molecule has 0 fully saturated rings. The normalized spacial score (nSPS) is 12.2. The summed E-state index contributed by atoms with van der Waals surface area (Å²) in [6, 6.07) is 14.1. The first-order valence-electron chi connectivity index (χ1n) is 6.43. The number of aromatic nitrogens is 3. The van der Waals surface area contributed by atoms with Crippen LogP contribution in [0.5, 0.6) is 0 Å². The highest BCUT2D eigenvalue weighted by Crippen LogP contribution is 2.21. The van der Waals surface area contributed by atoms with E-state index in [1.54, 1.807) is 0 Å². The second-order valence-electron chi connectivity index (χ2n) is 4.60. The number of rotatable bonds is 3. The molecule has 0 saturated carbocycles. The quantitative estimate of drug-likeness (QED) is 0.761. The van der Waals surface area contributed by atoms with Crippen LogP contribution in [0.3, 0.4) is 0 Å². The van der Waals surface area contributed by atoms with E-state index in [-0.39, 0.29) is 6.04 Å². The zero-order valence-corrected chi connectivity index (χ0v) is 11.1. The fraction of sp³-hybridized carbons (Fsp3) is 0.133. The second kappa shape index (κ2) is 5.13. The predicted molar refractivity (Wildman–Crippen MR) is 80.2 cm³/mol. The molecule has 1 aromatic carbocycles. The third kappa shape index (κ3) is 2.38. The van der Waals surface area contributed by atoms with Crippen LogP contribution in [0.15, 0.2) is 48.8 Å². The third-order valence-electron chi connectivity index (χ3n) is 3.17. The fourth-order valence-electron chi connectivity index (χ4n) is 2.09. The molecule has 5 heteroatoms. The van der Waals surface area contributed by atoms with Crippen molar-refractivity contribution in [1.29, 1.82) is 0 Å². The first kappa shape index (κ1) is 12.3. The van der Waals surface area contributed by atoms with E-state index < -0.39 is 0 Å². The Morgan fingerprint density at radius 1 is 1.05 bits per heavy atom. The molecule has 1 unspecified atom stereocenters. The van der Waals surface area contributed by atoms with E-state index in [1.165, 1.54) is 11.9 Å². The molecule has 0 spiro atoms. The van der Waals surface area contributed by atoms with Gasteiger partial charge in [0.05, 0.1) is 5.52 Å². The number of nitrogens with one attached hydrogen (secondary N) is 1. The molecule has 3 aromatic rings. The van der Waals surface area contributed by atoms with Gasteiger partial charge in [-0.05, 0) is 24.6 Å². The SMILES string of the molecule is CC(Nc1ccc2ncnc(N)c2n1)c1ccccc1. The van der Waals surface area contributed by atoms with E-state index in [9.17, 15) is 0 Å². The largest absolute Gasteiger partial charge is 0.382 e. The van der Waals surface area contributed by atoms with Crippen LogP contribution in [0.2, 0.25) is 0 Å². The molecule has 0 aliphatic carbocycles. The number of hydrogen-bond donors (Lipinski definition) is 2. The summed E-state index contributed by atoms with van der Waals surface area (Å²) in [6.45, 7) is 2.09. The molecule has 100 valence electrons. The molecule has 20 heavy (non-hydrogen) atoms. The summed E-state index contributed by atoms with van der Waals surface area (Å²) in [6.07, 6.45) is 1.44. The van der Waals surface area contributed by atoms with Gasteiger partial charge >= 0.3 is 0 Å². The fourth-order valence-corrected chi connectivity index (χ4v) is 2.09. The van der Waals surface area contributed by atoms with Gasteiger partial charge < -0.3 is 11.1 Å². The first-order valence-corrected chi connectivity index (χ1v) is 6.43. The van der Waals surface area contributed by atoms with Crippen molar-refractivity contribution >= 4 is 22.7 Å². The van der Waals surface area contributed by atoms with E-state index in [4.69, 9.17) is 5.73 Å². The van der Waals surface area contributed by atoms with Gasteiger partial charge in [0.2, 0.25) is 0 Å². The number of anilines is 2. The van der Waals surface area contributed by atoms with Crippen LogP contribution in [-0.4, -0.2) is 15.0 Å². The molecule has 1 atom stereocenters. The van der Waals surface area contributed by atoms with Gasteiger partial charge in [0.1, 0.15) is 17.7 Å². The minimum atomic E-state index is 0.159. The lowest BCUT2D eigenvalue weighted by atomic mass is 10.1. The molecule has 3 N–H and O–H groups in total. The summed E-state index contributed by atoms with van der Waals surface area (Å²) in [5.74, 6) is 1.15. The van der Waals surface area contributed by atoms with E-state index in [1.807, 2.05) is 30.3 Å². The summed E-state index contributed by atoms with van der Waals surface area (Å²) in [5, 5.41) is 3.36. The Bertz CT molecular complexity index is 727. The highest BCUT2D eigenvalue weighted by Gasteiger charge is 2.07. The average Bonchev–Trinajstić information content (AvgIpc) is 2.49. The van der Waals surface area contributed by atoms with Crippen molar-refractivity contribution in [2.45, 2.75) is 13.0 Å². The molecular weight excluding hydrogens is 250 g/mol. The van der Waals surface area contributed by atoms with Crippen LogP contribution < -0.4 is 11.1 Å². The topological polar surface area (TPSA) is 76.7 Å². The molecule has 2 heterocycles. The van der Waals surface area contributed by atoms with Gasteiger partial charge in [-0.3, -0.25) is 0 Å². The number of fused-ring (bicyclic) bond motifs is 1. The third-order valence-corrected chi connectivity index (χ3v) is 3.17. The number of nitrogens with two attached hydrogens (primary N) is 1. The lowest BCUT2D eigenvalue weighted by Crippen LogP contribution is -2.08. The van der Waals surface area contributed by atoms with Gasteiger partial charge in [-0.2, -0.15) is 0 Å². The molecule has 2 aromatic heterocycles. The van der Waals surface area contributed by atoms with Crippen LogP contribution in [0, 0.1) is 0 Å². The maximum absolute atomic E-state index is 5.83. The molecule has 0 saturated heterocycles. The molecule has 0 amide bonds. The zero-order valence-electron chi connectivity index (χ0n) is 11.1. The van der Waals surface area contributed by atoms with Crippen molar-refractivity contribution in [3.8, 4) is 0 Å². The van der Waals surface area contributed by atoms with Gasteiger partial charge in [0, 0.05) is 6.04 Å². The zero-order chi connectivity index (χ0) is 13.9. The highest BCUT2D eigenvalue weighted by atomic mass is 15.0. The second-order valence-corrected chi connectivity index (χ2v) is 4.60. The molecule has 0 aliphatic heterocycles. The van der Waals surface area contributed by atoms with Gasteiger partial charge in [-0.15, -0.1) is 0 Å². The van der Waals surface area contributed by atoms with E-state index in [2.05, 4.69) is 39.3 Å². The van der Waals surface area contributed by atoms with Gasteiger partial charge in [-0.25, -0.2) is 15.0 Å². The number of nitrogen functional groups attached to an aromatic ring is 1. The molecule has 3 rings (SSSR count). The van der Waals surface area contributed by atoms with Gasteiger partial charge in [0.25, 0.3) is 0 Å². The Morgan fingerprint density at radius 3 is 2.65 bits per heavy atom. The monoisotopic (exact) mass is 265 g/mol. The number of benzene rings is 1.